The zero-order valence-electron chi connectivity index (χ0n) is 14.1. The number of carbonyl (C=O) groups is 1. The molecule has 0 saturated heterocycles. The lowest BCUT2D eigenvalue weighted by molar-refractivity contribution is 0.0461. The van der Waals surface area contributed by atoms with E-state index in [9.17, 15) is 9.59 Å². The van der Waals surface area contributed by atoms with Crippen LogP contribution in [0.2, 0.25) is 0 Å². The molecular weight excluding hydrogens is 342 g/mol. The predicted octanol–water partition coefficient (Wildman–Crippen LogP) is 2.67. The number of hydrogen-bond acceptors (Lipinski definition) is 8. The van der Waals surface area contributed by atoms with E-state index in [1.165, 1.54) is 6.07 Å². The molecule has 0 fully saturated rings. The van der Waals surface area contributed by atoms with Gasteiger partial charge >= 0.3 is 11.6 Å². The minimum Gasteiger partial charge on any atom is -0.493 e. The fourth-order valence-corrected chi connectivity index (χ4v) is 2.20. The Balaban J connectivity index is 1.69. The van der Waals surface area contributed by atoms with Crippen LogP contribution in [-0.2, 0) is 11.3 Å². The van der Waals surface area contributed by atoms with E-state index >= 15 is 0 Å². The Kier molecular flexibility index (Phi) is 5.02. The molecule has 0 bridgehead atoms. The average Bonchev–Trinajstić information content (AvgIpc) is 3.15. The second-order valence-corrected chi connectivity index (χ2v) is 5.17. The maximum absolute atomic E-state index is 11.9. The van der Waals surface area contributed by atoms with E-state index in [4.69, 9.17) is 18.7 Å². The van der Waals surface area contributed by atoms with Gasteiger partial charge in [0.05, 0.1) is 19.8 Å². The molecule has 134 valence electrons. The Labute approximate surface area is 147 Å². The molecule has 1 aromatic carbocycles. The summed E-state index contributed by atoms with van der Waals surface area (Å²) >= 11 is 0. The summed E-state index contributed by atoms with van der Waals surface area (Å²) in [7, 11) is 3.09. The van der Waals surface area contributed by atoms with E-state index in [-0.39, 0.29) is 12.2 Å². The molecule has 2 aromatic heterocycles. The van der Waals surface area contributed by atoms with Gasteiger partial charge in [-0.1, -0.05) is 5.16 Å². The summed E-state index contributed by atoms with van der Waals surface area (Å²) in [4.78, 5) is 22.8. The molecule has 3 aromatic rings. The summed E-state index contributed by atoms with van der Waals surface area (Å²) in [5.74, 6) is 1.01. The summed E-state index contributed by atoms with van der Waals surface area (Å²) in [5.41, 5.74) is 0.754. The maximum Gasteiger partial charge on any atom is 0.341 e. The minimum absolute atomic E-state index is 0.0885. The highest BCUT2D eigenvalue weighted by atomic mass is 16.5. The molecule has 26 heavy (non-hydrogen) atoms. The van der Waals surface area contributed by atoms with Gasteiger partial charge < -0.3 is 23.2 Å². The number of methoxy groups -OCH3 is 2. The normalized spacial score (nSPS) is 10.4. The SMILES string of the molecule is COc1ccc(-c2cc(COC(=O)c3ccc(=O)oc3)no2)cc1OC. The summed E-state index contributed by atoms with van der Waals surface area (Å²) in [5, 5.41) is 3.87. The highest BCUT2D eigenvalue weighted by Gasteiger charge is 2.13. The number of nitrogens with zero attached hydrogens (tertiary/aromatic N) is 1. The second kappa shape index (κ2) is 7.56. The minimum atomic E-state index is -0.635. The molecule has 2 heterocycles. The van der Waals surface area contributed by atoms with Crippen LogP contribution in [0, 0.1) is 0 Å². The van der Waals surface area contributed by atoms with Gasteiger partial charge in [-0.05, 0) is 24.3 Å². The lowest BCUT2D eigenvalue weighted by Crippen LogP contribution is -2.07. The van der Waals surface area contributed by atoms with Crippen LogP contribution in [-0.4, -0.2) is 25.3 Å². The Morgan fingerprint density at radius 3 is 2.58 bits per heavy atom. The van der Waals surface area contributed by atoms with E-state index < -0.39 is 11.6 Å². The molecule has 0 unspecified atom stereocenters. The topological polar surface area (TPSA) is 101 Å². The van der Waals surface area contributed by atoms with Crippen molar-refractivity contribution in [1.29, 1.82) is 0 Å². The highest BCUT2D eigenvalue weighted by Crippen LogP contribution is 2.32. The van der Waals surface area contributed by atoms with Gasteiger partial charge in [-0.3, -0.25) is 0 Å². The molecule has 0 aliphatic heterocycles. The van der Waals surface area contributed by atoms with Crippen molar-refractivity contribution in [2.24, 2.45) is 0 Å². The summed E-state index contributed by atoms with van der Waals surface area (Å²) < 4.78 is 25.5. The number of ether oxygens (including phenoxy) is 3. The molecule has 0 N–H and O–H groups in total. The number of aromatic nitrogens is 1. The third-order valence-corrected chi connectivity index (χ3v) is 3.51. The quantitative estimate of drug-likeness (QED) is 0.621. The largest absolute Gasteiger partial charge is 0.493 e. The molecule has 0 radical (unpaired) electrons. The van der Waals surface area contributed by atoms with Crippen LogP contribution in [0.3, 0.4) is 0 Å². The molecule has 0 aliphatic carbocycles. The van der Waals surface area contributed by atoms with E-state index in [0.29, 0.717) is 23.0 Å². The first-order valence-electron chi connectivity index (χ1n) is 7.54. The lowest BCUT2D eigenvalue weighted by atomic mass is 10.1. The molecular formula is C18H15NO7. The van der Waals surface area contributed by atoms with Crippen LogP contribution in [0.4, 0.5) is 0 Å². The molecule has 0 aliphatic rings. The van der Waals surface area contributed by atoms with Gasteiger partial charge in [-0.2, -0.15) is 0 Å². The molecule has 0 saturated carbocycles. The van der Waals surface area contributed by atoms with Crippen LogP contribution in [0.1, 0.15) is 16.1 Å². The number of hydrogen-bond donors (Lipinski definition) is 0. The molecule has 0 spiro atoms. The second-order valence-electron chi connectivity index (χ2n) is 5.17. The number of carbonyl (C=O) groups excluding carboxylic acids is 1. The van der Waals surface area contributed by atoms with E-state index in [0.717, 1.165) is 17.9 Å². The van der Waals surface area contributed by atoms with Gasteiger partial charge in [0, 0.05) is 17.7 Å². The Bertz CT molecular complexity index is 953. The van der Waals surface area contributed by atoms with Crippen molar-refractivity contribution in [3.63, 3.8) is 0 Å². The van der Waals surface area contributed by atoms with Crippen molar-refractivity contribution in [2.45, 2.75) is 6.61 Å². The van der Waals surface area contributed by atoms with Crippen LogP contribution < -0.4 is 15.1 Å². The smallest absolute Gasteiger partial charge is 0.341 e. The first-order chi connectivity index (χ1) is 12.6. The Hall–Kier alpha value is -3.55. The first-order valence-corrected chi connectivity index (χ1v) is 7.54. The Morgan fingerprint density at radius 1 is 1.08 bits per heavy atom. The van der Waals surface area contributed by atoms with Gasteiger partial charge in [0.2, 0.25) is 0 Å². The van der Waals surface area contributed by atoms with Gasteiger partial charge in [0.1, 0.15) is 18.6 Å². The molecule has 8 nitrogen and oxygen atoms in total. The number of benzene rings is 1. The van der Waals surface area contributed by atoms with Crippen molar-refractivity contribution >= 4 is 5.97 Å². The zero-order valence-corrected chi connectivity index (χ0v) is 14.1. The van der Waals surface area contributed by atoms with Crippen molar-refractivity contribution in [2.75, 3.05) is 14.2 Å². The fourth-order valence-electron chi connectivity index (χ4n) is 2.20. The van der Waals surface area contributed by atoms with E-state index in [1.54, 1.807) is 38.5 Å². The Morgan fingerprint density at radius 2 is 1.88 bits per heavy atom. The molecule has 3 rings (SSSR count). The summed E-state index contributed by atoms with van der Waals surface area (Å²) in [6.45, 7) is -0.0885. The van der Waals surface area contributed by atoms with E-state index in [1.807, 2.05) is 0 Å². The summed E-state index contributed by atoms with van der Waals surface area (Å²) in [6, 6.07) is 9.41. The zero-order chi connectivity index (χ0) is 18.5. The monoisotopic (exact) mass is 357 g/mol. The number of esters is 1. The standard InChI is InChI=1S/C18H15NO7/c1-22-14-5-3-11(7-16(14)23-2)15-8-13(19-26-15)10-25-18(21)12-4-6-17(20)24-9-12/h3-9H,10H2,1-2H3. The maximum atomic E-state index is 11.9. The fraction of sp³-hybridized carbons (Fsp3) is 0.167. The highest BCUT2D eigenvalue weighted by molar-refractivity contribution is 5.88. The van der Waals surface area contributed by atoms with Gasteiger partial charge in [-0.25, -0.2) is 9.59 Å². The van der Waals surface area contributed by atoms with Crippen LogP contribution in [0.5, 0.6) is 11.5 Å². The third-order valence-electron chi connectivity index (χ3n) is 3.51. The van der Waals surface area contributed by atoms with Crippen molar-refractivity contribution in [1.82, 2.24) is 5.16 Å². The van der Waals surface area contributed by atoms with Crippen molar-refractivity contribution in [3.05, 3.63) is 64.3 Å². The van der Waals surface area contributed by atoms with Crippen molar-refractivity contribution < 1.29 is 27.9 Å². The average molecular weight is 357 g/mol. The number of rotatable bonds is 6. The van der Waals surface area contributed by atoms with Crippen LogP contribution in [0.15, 0.2) is 56.4 Å². The van der Waals surface area contributed by atoms with Crippen LogP contribution >= 0.6 is 0 Å². The van der Waals surface area contributed by atoms with Gasteiger partial charge in [0.15, 0.2) is 17.3 Å². The molecule has 0 atom stereocenters. The van der Waals surface area contributed by atoms with Gasteiger partial charge in [-0.15, -0.1) is 0 Å². The first kappa shape index (κ1) is 17.3. The lowest BCUT2D eigenvalue weighted by Gasteiger charge is -2.07. The third kappa shape index (κ3) is 3.75. The van der Waals surface area contributed by atoms with Crippen molar-refractivity contribution in [3.8, 4) is 22.8 Å². The molecule has 0 amide bonds. The molecule has 8 heteroatoms. The predicted molar refractivity (Wildman–Crippen MR) is 89.1 cm³/mol. The van der Waals surface area contributed by atoms with E-state index in [2.05, 4.69) is 9.57 Å². The summed E-state index contributed by atoms with van der Waals surface area (Å²) in [6.07, 6.45) is 1.04. The van der Waals surface area contributed by atoms with Gasteiger partial charge in [0.25, 0.3) is 0 Å². The van der Waals surface area contributed by atoms with Crippen LogP contribution in [0.25, 0.3) is 11.3 Å².